The minimum Gasteiger partial charge on any atom is -0.0827 e. The summed E-state index contributed by atoms with van der Waals surface area (Å²) in [5, 5.41) is 1.23. The van der Waals surface area contributed by atoms with Crippen molar-refractivity contribution in [1.29, 1.82) is 0 Å². The van der Waals surface area contributed by atoms with Gasteiger partial charge in [-0.05, 0) is 29.5 Å². The average molecular weight is 279 g/mol. The monoisotopic (exact) mass is 278 g/mol. The van der Waals surface area contributed by atoms with Crippen LogP contribution in [0.25, 0.3) is 11.1 Å². The maximum atomic E-state index is 6.25. The van der Waals surface area contributed by atoms with E-state index < -0.39 is 0 Å². The van der Waals surface area contributed by atoms with Crippen LogP contribution < -0.4 is 0 Å². The quantitative estimate of drug-likeness (QED) is 0.660. The van der Waals surface area contributed by atoms with Crippen LogP contribution in [0.3, 0.4) is 0 Å². The van der Waals surface area contributed by atoms with Gasteiger partial charge in [0, 0.05) is 5.56 Å². The molecule has 0 N–H and O–H groups in total. The van der Waals surface area contributed by atoms with Crippen LogP contribution in [0.5, 0.6) is 0 Å². The standard InChI is InChI=1S/C16H16Cl2/c1-11(2)9-12-5-3-6-13(10-12)14-7-4-8-15(17)16(14)18/h3-8,10-11H,9H2,1-2H3. The highest BCUT2D eigenvalue weighted by atomic mass is 35.5. The molecule has 0 heterocycles. The number of halogens is 2. The highest BCUT2D eigenvalue weighted by Gasteiger charge is 2.07. The van der Waals surface area contributed by atoms with Gasteiger partial charge in [0.1, 0.15) is 0 Å². The van der Waals surface area contributed by atoms with E-state index in [-0.39, 0.29) is 0 Å². The fourth-order valence-corrected chi connectivity index (χ4v) is 2.47. The molecule has 0 unspecified atom stereocenters. The Morgan fingerprint density at radius 3 is 2.44 bits per heavy atom. The van der Waals surface area contributed by atoms with E-state index in [9.17, 15) is 0 Å². The van der Waals surface area contributed by atoms with Crippen molar-refractivity contribution in [2.24, 2.45) is 5.92 Å². The van der Waals surface area contributed by atoms with Gasteiger partial charge in [-0.1, -0.05) is 73.4 Å². The molecule has 0 nitrogen and oxygen atoms in total. The van der Waals surface area contributed by atoms with Gasteiger partial charge in [-0.15, -0.1) is 0 Å². The molecule has 2 rings (SSSR count). The molecule has 0 fully saturated rings. The molecular formula is C16H16Cl2. The third kappa shape index (κ3) is 3.07. The lowest BCUT2D eigenvalue weighted by atomic mass is 9.98. The summed E-state index contributed by atoms with van der Waals surface area (Å²) in [5.74, 6) is 0.648. The van der Waals surface area contributed by atoms with Crippen LogP contribution >= 0.6 is 23.2 Å². The van der Waals surface area contributed by atoms with Crippen molar-refractivity contribution in [3.05, 3.63) is 58.1 Å². The van der Waals surface area contributed by atoms with Gasteiger partial charge >= 0.3 is 0 Å². The summed E-state index contributed by atoms with van der Waals surface area (Å²) in [6.07, 6.45) is 1.08. The molecule has 0 aromatic heterocycles. The zero-order valence-corrected chi connectivity index (χ0v) is 12.1. The van der Waals surface area contributed by atoms with Crippen LogP contribution in [0.2, 0.25) is 10.0 Å². The minimum atomic E-state index is 0.600. The third-order valence-corrected chi connectivity index (χ3v) is 3.65. The van der Waals surface area contributed by atoms with Crippen LogP contribution in [0.15, 0.2) is 42.5 Å². The zero-order valence-electron chi connectivity index (χ0n) is 10.6. The first-order valence-corrected chi connectivity index (χ1v) is 6.87. The van der Waals surface area contributed by atoms with Crippen LogP contribution in [0.1, 0.15) is 19.4 Å². The first kappa shape index (κ1) is 13.5. The molecule has 0 saturated carbocycles. The lowest BCUT2D eigenvalue weighted by Gasteiger charge is -2.09. The Kier molecular flexibility index (Phi) is 4.31. The van der Waals surface area contributed by atoms with Crippen LogP contribution in [-0.4, -0.2) is 0 Å². The molecule has 0 spiro atoms. The molecule has 0 aliphatic rings. The van der Waals surface area contributed by atoms with Crippen molar-refractivity contribution in [1.82, 2.24) is 0 Å². The van der Waals surface area contributed by atoms with Gasteiger partial charge in [0.05, 0.1) is 10.0 Å². The van der Waals surface area contributed by atoms with Gasteiger partial charge in [-0.25, -0.2) is 0 Å². The molecule has 0 atom stereocenters. The summed E-state index contributed by atoms with van der Waals surface area (Å²) in [4.78, 5) is 0. The van der Waals surface area contributed by atoms with E-state index in [2.05, 4.69) is 38.1 Å². The molecule has 0 bridgehead atoms. The number of benzene rings is 2. The largest absolute Gasteiger partial charge is 0.0827 e. The lowest BCUT2D eigenvalue weighted by molar-refractivity contribution is 0.647. The SMILES string of the molecule is CC(C)Cc1cccc(-c2cccc(Cl)c2Cl)c1. The Morgan fingerprint density at radius 2 is 1.72 bits per heavy atom. The van der Waals surface area contributed by atoms with Crippen molar-refractivity contribution < 1.29 is 0 Å². The van der Waals surface area contributed by atoms with E-state index in [0.29, 0.717) is 16.0 Å². The molecule has 2 aromatic rings. The second-order valence-electron chi connectivity index (χ2n) is 4.90. The molecule has 0 saturated heterocycles. The third-order valence-electron chi connectivity index (χ3n) is 2.83. The van der Waals surface area contributed by atoms with Crippen molar-refractivity contribution in [2.75, 3.05) is 0 Å². The van der Waals surface area contributed by atoms with Crippen molar-refractivity contribution in [3.63, 3.8) is 0 Å². The lowest BCUT2D eigenvalue weighted by Crippen LogP contribution is -1.94. The fourth-order valence-electron chi connectivity index (χ4n) is 2.06. The normalized spacial score (nSPS) is 10.9. The number of hydrogen-bond acceptors (Lipinski definition) is 0. The number of hydrogen-bond donors (Lipinski definition) is 0. The molecule has 18 heavy (non-hydrogen) atoms. The number of rotatable bonds is 3. The highest BCUT2D eigenvalue weighted by Crippen LogP contribution is 2.33. The van der Waals surface area contributed by atoms with Crippen molar-refractivity contribution in [3.8, 4) is 11.1 Å². The van der Waals surface area contributed by atoms with Crippen LogP contribution in [0.4, 0.5) is 0 Å². The summed E-state index contributed by atoms with van der Waals surface area (Å²) >= 11 is 12.3. The minimum absolute atomic E-state index is 0.600. The first-order valence-electron chi connectivity index (χ1n) is 6.11. The molecule has 2 aromatic carbocycles. The summed E-state index contributed by atoms with van der Waals surface area (Å²) in [6.45, 7) is 4.44. The summed E-state index contributed by atoms with van der Waals surface area (Å²) in [6, 6.07) is 14.2. The second-order valence-corrected chi connectivity index (χ2v) is 5.68. The molecule has 2 heteroatoms. The van der Waals surface area contributed by atoms with Gasteiger partial charge < -0.3 is 0 Å². The average Bonchev–Trinajstić information content (AvgIpc) is 2.32. The summed E-state index contributed by atoms with van der Waals surface area (Å²) in [5.41, 5.74) is 3.45. The van der Waals surface area contributed by atoms with E-state index in [0.717, 1.165) is 17.5 Å². The fraction of sp³-hybridized carbons (Fsp3) is 0.250. The van der Waals surface area contributed by atoms with E-state index in [1.807, 2.05) is 18.2 Å². The first-order chi connectivity index (χ1) is 8.58. The van der Waals surface area contributed by atoms with Crippen molar-refractivity contribution >= 4 is 23.2 Å². The Labute approximate surface area is 119 Å². The van der Waals surface area contributed by atoms with E-state index in [1.165, 1.54) is 5.56 Å². The highest BCUT2D eigenvalue weighted by molar-refractivity contribution is 6.43. The van der Waals surface area contributed by atoms with E-state index in [1.54, 1.807) is 0 Å². The predicted octanol–water partition coefficient (Wildman–Crippen LogP) is 5.86. The Balaban J connectivity index is 2.41. The van der Waals surface area contributed by atoms with Gasteiger partial charge in [0.25, 0.3) is 0 Å². The molecule has 94 valence electrons. The van der Waals surface area contributed by atoms with Gasteiger partial charge in [0.2, 0.25) is 0 Å². The molecule has 0 radical (unpaired) electrons. The maximum absolute atomic E-state index is 6.25. The molecule has 0 amide bonds. The van der Waals surface area contributed by atoms with Crippen molar-refractivity contribution in [2.45, 2.75) is 20.3 Å². The molecular weight excluding hydrogens is 263 g/mol. The summed E-state index contributed by atoms with van der Waals surface area (Å²) in [7, 11) is 0. The predicted molar refractivity (Wildman–Crippen MR) is 80.4 cm³/mol. The Morgan fingerprint density at radius 1 is 1.00 bits per heavy atom. The Hall–Kier alpha value is -0.980. The van der Waals surface area contributed by atoms with Gasteiger partial charge in [-0.3, -0.25) is 0 Å². The maximum Gasteiger partial charge on any atom is 0.0670 e. The van der Waals surface area contributed by atoms with E-state index >= 15 is 0 Å². The van der Waals surface area contributed by atoms with E-state index in [4.69, 9.17) is 23.2 Å². The second kappa shape index (κ2) is 5.77. The van der Waals surface area contributed by atoms with Crippen LogP contribution in [-0.2, 0) is 6.42 Å². The van der Waals surface area contributed by atoms with Crippen LogP contribution in [0, 0.1) is 5.92 Å². The topological polar surface area (TPSA) is 0 Å². The zero-order chi connectivity index (χ0) is 13.1. The molecule has 0 aliphatic heterocycles. The Bertz CT molecular complexity index is 545. The van der Waals surface area contributed by atoms with Gasteiger partial charge in [-0.2, -0.15) is 0 Å². The smallest absolute Gasteiger partial charge is 0.0670 e. The molecule has 0 aliphatic carbocycles. The van der Waals surface area contributed by atoms with Gasteiger partial charge in [0.15, 0.2) is 0 Å². The summed E-state index contributed by atoms with van der Waals surface area (Å²) < 4.78 is 0.